The van der Waals surface area contributed by atoms with Gasteiger partial charge in [-0.2, -0.15) is 0 Å². The Morgan fingerprint density at radius 1 is 0.833 bits per heavy atom. The maximum absolute atomic E-state index is 6.09. The van der Waals surface area contributed by atoms with Crippen LogP contribution in [-0.2, 0) is 6.54 Å². The lowest BCUT2D eigenvalue weighted by Crippen LogP contribution is -2.59. The summed E-state index contributed by atoms with van der Waals surface area (Å²) in [5.41, 5.74) is 1.36. The fraction of sp³-hybridized carbons (Fsp3) is 0.538. The van der Waals surface area contributed by atoms with Gasteiger partial charge in [0.2, 0.25) is 0 Å². The van der Waals surface area contributed by atoms with Gasteiger partial charge in [-0.05, 0) is 80.1 Å². The van der Waals surface area contributed by atoms with E-state index in [1.807, 2.05) is 30.3 Å². The van der Waals surface area contributed by atoms with Crippen LogP contribution in [0.15, 0.2) is 48.5 Å². The van der Waals surface area contributed by atoms with Gasteiger partial charge in [0.1, 0.15) is 11.5 Å². The first-order valence-corrected chi connectivity index (χ1v) is 12.1. The van der Waals surface area contributed by atoms with Crippen molar-refractivity contribution in [2.45, 2.75) is 63.6 Å². The van der Waals surface area contributed by atoms with Crippen LogP contribution in [0.4, 0.5) is 0 Å². The van der Waals surface area contributed by atoms with Crippen LogP contribution < -0.4 is 4.74 Å². The van der Waals surface area contributed by atoms with E-state index in [1.165, 1.54) is 70.1 Å². The molecule has 2 atom stereocenters. The number of ether oxygens (including phenoxy) is 1. The number of fused-ring (bicyclic) bond motifs is 1. The van der Waals surface area contributed by atoms with Crippen LogP contribution in [0.25, 0.3) is 0 Å². The van der Waals surface area contributed by atoms with Crippen molar-refractivity contribution in [1.82, 2.24) is 9.80 Å². The van der Waals surface area contributed by atoms with Crippen molar-refractivity contribution in [3.63, 3.8) is 0 Å². The van der Waals surface area contributed by atoms with E-state index in [9.17, 15) is 0 Å². The summed E-state index contributed by atoms with van der Waals surface area (Å²) in [6.07, 6.45) is 9.89. The minimum atomic E-state index is 0.724. The minimum absolute atomic E-state index is 0.724. The number of hydrogen-bond acceptors (Lipinski definition) is 3. The summed E-state index contributed by atoms with van der Waals surface area (Å²) in [6.45, 7) is 4.77. The Labute approximate surface area is 186 Å². The second-order valence-electron chi connectivity index (χ2n) is 9.31. The van der Waals surface area contributed by atoms with Crippen LogP contribution >= 0.6 is 11.6 Å². The largest absolute Gasteiger partial charge is 0.457 e. The first-order chi connectivity index (χ1) is 14.8. The van der Waals surface area contributed by atoms with Gasteiger partial charge in [-0.25, -0.2) is 0 Å². The van der Waals surface area contributed by atoms with Gasteiger partial charge in [0.25, 0.3) is 0 Å². The normalized spacial score (nSPS) is 25.9. The number of benzene rings is 2. The number of hydrogen-bond donors (Lipinski definition) is 0. The summed E-state index contributed by atoms with van der Waals surface area (Å²) in [4.78, 5) is 5.60. The third-order valence-corrected chi connectivity index (χ3v) is 7.62. The van der Waals surface area contributed by atoms with Crippen LogP contribution in [0.2, 0.25) is 5.02 Å². The molecule has 2 aromatic rings. The van der Waals surface area contributed by atoms with E-state index in [4.69, 9.17) is 16.3 Å². The van der Waals surface area contributed by atoms with Crippen molar-refractivity contribution in [2.24, 2.45) is 5.92 Å². The molecule has 2 saturated heterocycles. The first kappa shape index (κ1) is 20.4. The van der Waals surface area contributed by atoms with Gasteiger partial charge in [-0.1, -0.05) is 43.0 Å². The van der Waals surface area contributed by atoms with Gasteiger partial charge in [-0.3, -0.25) is 9.80 Å². The molecule has 0 amide bonds. The molecule has 0 N–H and O–H groups in total. The lowest BCUT2D eigenvalue weighted by atomic mass is 9.78. The van der Waals surface area contributed by atoms with Gasteiger partial charge in [0, 0.05) is 36.7 Å². The highest BCUT2D eigenvalue weighted by Crippen LogP contribution is 2.38. The number of halogens is 1. The maximum atomic E-state index is 6.09. The Hall–Kier alpha value is -1.55. The van der Waals surface area contributed by atoms with Crippen molar-refractivity contribution in [2.75, 3.05) is 19.6 Å². The zero-order chi connectivity index (χ0) is 20.3. The molecule has 2 aromatic carbocycles. The van der Waals surface area contributed by atoms with E-state index >= 15 is 0 Å². The molecule has 2 heterocycles. The molecule has 3 fully saturated rings. The SMILES string of the molecule is Clc1ccc(Oc2cccc(CN3CCN4CCC[C@H]4[C@H]3C3CCCCC3)c2)cc1. The number of piperazine rings is 1. The average molecular weight is 425 g/mol. The van der Waals surface area contributed by atoms with Crippen LogP contribution in [0.5, 0.6) is 11.5 Å². The van der Waals surface area contributed by atoms with Crippen LogP contribution in [0.3, 0.4) is 0 Å². The minimum Gasteiger partial charge on any atom is -0.457 e. The molecular formula is C26H33ClN2O. The highest BCUT2D eigenvalue weighted by Gasteiger charge is 2.42. The lowest BCUT2D eigenvalue weighted by molar-refractivity contribution is -0.00381. The van der Waals surface area contributed by atoms with Crippen molar-refractivity contribution in [3.8, 4) is 11.5 Å². The molecule has 0 unspecified atom stereocenters. The molecule has 30 heavy (non-hydrogen) atoms. The molecule has 160 valence electrons. The molecule has 3 aliphatic rings. The monoisotopic (exact) mass is 424 g/mol. The van der Waals surface area contributed by atoms with E-state index in [2.05, 4.69) is 28.0 Å². The highest BCUT2D eigenvalue weighted by atomic mass is 35.5. The summed E-state index contributed by atoms with van der Waals surface area (Å²) < 4.78 is 6.09. The Morgan fingerprint density at radius 2 is 1.67 bits per heavy atom. The quantitative estimate of drug-likeness (QED) is 0.555. The second-order valence-corrected chi connectivity index (χ2v) is 9.74. The van der Waals surface area contributed by atoms with Gasteiger partial charge in [0.05, 0.1) is 0 Å². The van der Waals surface area contributed by atoms with Gasteiger partial charge in [-0.15, -0.1) is 0 Å². The predicted molar refractivity (Wildman–Crippen MR) is 123 cm³/mol. The summed E-state index contributed by atoms with van der Waals surface area (Å²) in [6, 6.07) is 17.7. The Kier molecular flexibility index (Phi) is 6.31. The summed E-state index contributed by atoms with van der Waals surface area (Å²) in [5, 5.41) is 0.732. The van der Waals surface area contributed by atoms with Gasteiger partial charge in [0.15, 0.2) is 0 Å². The Morgan fingerprint density at radius 3 is 2.50 bits per heavy atom. The molecule has 1 aliphatic carbocycles. The third kappa shape index (κ3) is 4.54. The van der Waals surface area contributed by atoms with E-state index in [-0.39, 0.29) is 0 Å². The van der Waals surface area contributed by atoms with E-state index in [0.29, 0.717) is 0 Å². The molecule has 1 saturated carbocycles. The standard InChI is InChI=1S/C26H33ClN2O/c27-22-11-13-23(14-12-22)30-24-9-4-6-20(18-24)19-29-17-16-28-15-5-10-25(28)26(29)21-7-2-1-3-8-21/h4,6,9,11-14,18,21,25-26H,1-3,5,7-8,10,15-17,19H2/t25-,26+/m0/s1. The van der Waals surface area contributed by atoms with Crippen molar-refractivity contribution in [1.29, 1.82) is 0 Å². The summed E-state index contributed by atoms with van der Waals surface area (Å²) >= 11 is 6.00. The van der Waals surface area contributed by atoms with Crippen molar-refractivity contribution in [3.05, 3.63) is 59.1 Å². The van der Waals surface area contributed by atoms with E-state index in [0.717, 1.165) is 41.1 Å². The van der Waals surface area contributed by atoms with Crippen LogP contribution in [0, 0.1) is 5.92 Å². The molecule has 3 nitrogen and oxygen atoms in total. The van der Waals surface area contributed by atoms with Crippen molar-refractivity contribution >= 4 is 11.6 Å². The summed E-state index contributed by atoms with van der Waals surface area (Å²) in [7, 11) is 0. The van der Waals surface area contributed by atoms with Crippen molar-refractivity contribution < 1.29 is 4.74 Å². The highest BCUT2D eigenvalue weighted by molar-refractivity contribution is 6.30. The van der Waals surface area contributed by atoms with E-state index < -0.39 is 0 Å². The molecule has 0 spiro atoms. The predicted octanol–water partition coefficient (Wildman–Crippen LogP) is 6.36. The summed E-state index contributed by atoms with van der Waals surface area (Å²) in [5.74, 6) is 2.61. The Bertz CT molecular complexity index is 833. The fourth-order valence-corrected chi connectivity index (χ4v) is 6.14. The van der Waals surface area contributed by atoms with Gasteiger partial charge < -0.3 is 4.74 Å². The molecular weight excluding hydrogens is 392 g/mol. The third-order valence-electron chi connectivity index (χ3n) is 7.37. The van der Waals surface area contributed by atoms with E-state index in [1.54, 1.807) is 0 Å². The lowest BCUT2D eigenvalue weighted by Gasteiger charge is -2.49. The number of rotatable bonds is 5. The Balaban J connectivity index is 1.32. The molecule has 0 radical (unpaired) electrons. The average Bonchev–Trinajstić information content (AvgIpc) is 3.25. The first-order valence-electron chi connectivity index (χ1n) is 11.8. The van der Waals surface area contributed by atoms with Crippen LogP contribution in [0.1, 0.15) is 50.5 Å². The molecule has 5 rings (SSSR count). The molecule has 4 heteroatoms. The fourth-order valence-electron chi connectivity index (χ4n) is 6.02. The maximum Gasteiger partial charge on any atom is 0.127 e. The topological polar surface area (TPSA) is 15.7 Å². The second kappa shape index (κ2) is 9.30. The zero-order valence-electron chi connectivity index (χ0n) is 17.8. The van der Waals surface area contributed by atoms with Crippen LogP contribution in [-0.4, -0.2) is 41.5 Å². The van der Waals surface area contributed by atoms with Gasteiger partial charge >= 0.3 is 0 Å². The molecule has 0 bridgehead atoms. The molecule has 2 aliphatic heterocycles. The number of nitrogens with zero attached hydrogens (tertiary/aromatic N) is 2. The molecule has 0 aromatic heterocycles. The smallest absolute Gasteiger partial charge is 0.127 e. The zero-order valence-corrected chi connectivity index (χ0v) is 18.6.